The minimum Gasteiger partial charge on any atom is -0.358 e. The van der Waals surface area contributed by atoms with E-state index in [1.807, 2.05) is 42.2 Å². The maximum absolute atomic E-state index is 6.23. The van der Waals surface area contributed by atoms with Gasteiger partial charge in [0.2, 0.25) is 5.95 Å². The van der Waals surface area contributed by atoms with Crippen LogP contribution in [0.4, 0.5) is 17.6 Å². The van der Waals surface area contributed by atoms with Gasteiger partial charge in [0.15, 0.2) is 11.6 Å². The Labute approximate surface area is 171 Å². The predicted octanol–water partition coefficient (Wildman–Crippen LogP) is 3.91. The molecular weight excluding hydrogens is 392 g/mol. The Balaban J connectivity index is 1.38. The highest BCUT2D eigenvalue weighted by atomic mass is 35.5. The smallest absolute Gasteiger partial charge is 0.229 e. The summed E-state index contributed by atoms with van der Waals surface area (Å²) in [6.07, 6.45) is 2.64. The molecule has 29 heavy (non-hydrogen) atoms. The molecule has 1 saturated heterocycles. The third-order valence-corrected chi connectivity index (χ3v) is 4.90. The number of H-pyrrole nitrogens is 1. The molecule has 146 valence electrons. The zero-order valence-corrected chi connectivity index (χ0v) is 16.3. The van der Waals surface area contributed by atoms with Gasteiger partial charge in [-0.15, -0.1) is 0 Å². The van der Waals surface area contributed by atoms with Gasteiger partial charge in [-0.3, -0.25) is 10.1 Å². The van der Waals surface area contributed by atoms with Gasteiger partial charge in [-0.05, 0) is 25.5 Å². The molecule has 0 aliphatic carbocycles. The number of halogens is 1. The van der Waals surface area contributed by atoms with E-state index in [1.54, 1.807) is 12.3 Å². The molecule has 10 heteroatoms. The van der Waals surface area contributed by atoms with Gasteiger partial charge in [-0.25, -0.2) is 4.98 Å². The third kappa shape index (κ3) is 3.52. The van der Waals surface area contributed by atoms with Crippen LogP contribution in [0.25, 0.3) is 11.4 Å². The molecule has 0 bridgehead atoms. The van der Waals surface area contributed by atoms with Crippen LogP contribution in [0.15, 0.2) is 47.1 Å². The number of hydrogen-bond donors (Lipinski definition) is 2. The first-order valence-corrected chi connectivity index (χ1v) is 9.52. The quantitative estimate of drug-likeness (QED) is 0.478. The van der Waals surface area contributed by atoms with E-state index in [9.17, 15) is 0 Å². The summed E-state index contributed by atoms with van der Waals surface area (Å²) in [4.78, 5) is 15.3. The van der Waals surface area contributed by atoms with E-state index in [1.165, 1.54) is 0 Å². The lowest BCUT2D eigenvalue weighted by Gasteiger charge is -2.39. The Hall–Kier alpha value is -3.46. The average molecular weight is 409 g/mol. The molecule has 0 aromatic carbocycles. The van der Waals surface area contributed by atoms with Crippen molar-refractivity contribution in [3.8, 4) is 11.4 Å². The Morgan fingerprint density at radius 3 is 2.83 bits per heavy atom. The number of hydrogen-bond acceptors (Lipinski definition) is 8. The lowest BCUT2D eigenvalue weighted by Crippen LogP contribution is -2.42. The fourth-order valence-electron chi connectivity index (χ4n) is 3.22. The van der Waals surface area contributed by atoms with Crippen LogP contribution in [0.2, 0.25) is 5.15 Å². The molecule has 5 rings (SSSR count). The number of aromatic nitrogens is 6. The van der Waals surface area contributed by atoms with E-state index in [2.05, 4.69) is 35.6 Å². The zero-order valence-electron chi connectivity index (χ0n) is 15.5. The maximum atomic E-state index is 6.23. The van der Waals surface area contributed by atoms with Crippen LogP contribution in [-0.2, 0) is 0 Å². The standard InChI is InChI=1S/C19H17ClN8O/c1-11-8-18(26-25-11)23-17-10-16(20)22-19(24-17)28-7-5-14(28)15-9-13(27-29-15)12-4-2-3-6-21-12/h2-4,6,8-10,14H,5,7H2,1H3,(H2,22,23,24,25,26). The number of rotatable bonds is 5. The van der Waals surface area contributed by atoms with E-state index >= 15 is 0 Å². The van der Waals surface area contributed by atoms with Gasteiger partial charge >= 0.3 is 0 Å². The summed E-state index contributed by atoms with van der Waals surface area (Å²) in [6, 6.07) is 11.1. The van der Waals surface area contributed by atoms with Crippen LogP contribution in [0.1, 0.15) is 23.9 Å². The molecule has 0 saturated carbocycles. The number of aryl methyl sites for hydroxylation is 1. The highest BCUT2D eigenvalue weighted by Gasteiger charge is 2.35. The molecule has 1 aliphatic heterocycles. The normalized spacial score (nSPS) is 15.9. The summed E-state index contributed by atoms with van der Waals surface area (Å²) in [5, 5.41) is 14.7. The van der Waals surface area contributed by atoms with E-state index in [-0.39, 0.29) is 6.04 Å². The monoisotopic (exact) mass is 408 g/mol. The highest BCUT2D eigenvalue weighted by molar-refractivity contribution is 6.29. The predicted molar refractivity (Wildman–Crippen MR) is 108 cm³/mol. The van der Waals surface area contributed by atoms with Crippen molar-refractivity contribution in [1.29, 1.82) is 0 Å². The Kier molecular flexibility index (Phi) is 4.36. The molecule has 1 fully saturated rings. The SMILES string of the molecule is Cc1cc(Nc2cc(Cl)nc(N3CCC3c3cc(-c4ccccn4)no3)n2)n[nH]1. The highest BCUT2D eigenvalue weighted by Crippen LogP contribution is 2.38. The van der Waals surface area contributed by atoms with Crippen molar-refractivity contribution in [1.82, 2.24) is 30.3 Å². The Bertz CT molecular complexity index is 1140. The number of nitrogens with one attached hydrogen (secondary N) is 2. The Morgan fingerprint density at radius 1 is 1.17 bits per heavy atom. The zero-order chi connectivity index (χ0) is 19.8. The minimum absolute atomic E-state index is 0.00101. The molecule has 9 nitrogen and oxygen atoms in total. The summed E-state index contributed by atoms with van der Waals surface area (Å²) < 4.78 is 5.58. The van der Waals surface area contributed by atoms with Crippen molar-refractivity contribution in [2.45, 2.75) is 19.4 Å². The largest absolute Gasteiger partial charge is 0.358 e. The molecule has 1 unspecified atom stereocenters. The van der Waals surface area contributed by atoms with Gasteiger partial charge in [0.1, 0.15) is 16.7 Å². The first-order chi connectivity index (χ1) is 14.2. The van der Waals surface area contributed by atoms with E-state index < -0.39 is 0 Å². The number of pyridine rings is 1. The van der Waals surface area contributed by atoms with Gasteiger partial charge in [-0.1, -0.05) is 22.8 Å². The van der Waals surface area contributed by atoms with Crippen molar-refractivity contribution in [3.63, 3.8) is 0 Å². The minimum atomic E-state index is -0.00101. The van der Waals surface area contributed by atoms with E-state index in [0.29, 0.717) is 28.4 Å². The number of aromatic amines is 1. The number of nitrogens with zero attached hydrogens (tertiary/aromatic N) is 6. The van der Waals surface area contributed by atoms with E-state index in [4.69, 9.17) is 16.1 Å². The molecule has 4 aromatic rings. The second-order valence-electron chi connectivity index (χ2n) is 6.76. The van der Waals surface area contributed by atoms with Gasteiger partial charge in [0.05, 0.1) is 11.7 Å². The summed E-state index contributed by atoms with van der Waals surface area (Å²) in [6.45, 7) is 2.73. The van der Waals surface area contributed by atoms with Crippen molar-refractivity contribution < 1.29 is 4.52 Å². The summed E-state index contributed by atoms with van der Waals surface area (Å²) in [5.41, 5.74) is 2.42. The summed E-state index contributed by atoms with van der Waals surface area (Å²) >= 11 is 6.23. The van der Waals surface area contributed by atoms with Crippen molar-refractivity contribution in [2.24, 2.45) is 0 Å². The summed E-state index contributed by atoms with van der Waals surface area (Å²) in [5.74, 6) is 2.51. The van der Waals surface area contributed by atoms with Crippen LogP contribution in [-0.4, -0.2) is 36.9 Å². The molecule has 2 N–H and O–H groups in total. The molecule has 1 aliphatic rings. The lowest BCUT2D eigenvalue weighted by molar-refractivity contribution is 0.315. The van der Waals surface area contributed by atoms with E-state index in [0.717, 1.165) is 30.1 Å². The first-order valence-electron chi connectivity index (χ1n) is 9.14. The maximum Gasteiger partial charge on any atom is 0.229 e. The second kappa shape index (κ2) is 7.17. The molecule has 0 amide bonds. The fraction of sp³-hybridized carbons (Fsp3) is 0.211. The average Bonchev–Trinajstić information content (AvgIpc) is 3.30. The fourth-order valence-corrected chi connectivity index (χ4v) is 3.39. The van der Waals surface area contributed by atoms with Crippen LogP contribution in [0.3, 0.4) is 0 Å². The van der Waals surface area contributed by atoms with Gasteiger partial charge in [0, 0.05) is 36.6 Å². The first kappa shape index (κ1) is 17.6. The Morgan fingerprint density at radius 2 is 2.10 bits per heavy atom. The third-order valence-electron chi connectivity index (χ3n) is 4.71. The molecule has 1 atom stereocenters. The topological polar surface area (TPSA) is 109 Å². The van der Waals surface area contributed by atoms with Gasteiger partial charge in [-0.2, -0.15) is 10.1 Å². The van der Waals surface area contributed by atoms with Gasteiger partial charge in [0.25, 0.3) is 0 Å². The van der Waals surface area contributed by atoms with Crippen LogP contribution >= 0.6 is 11.6 Å². The molecule has 5 heterocycles. The van der Waals surface area contributed by atoms with Crippen LogP contribution in [0, 0.1) is 6.92 Å². The van der Waals surface area contributed by atoms with Gasteiger partial charge < -0.3 is 14.7 Å². The second-order valence-corrected chi connectivity index (χ2v) is 7.15. The van der Waals surface area contributed by atoms with Crippen LogP contribution < -0.4 is 10.2 Å². The molecule has 0 spiro atoms. The summed E-state index contributed by atoms with van der Waals surface area (Å²) in [7, 11) is 0. The molecule has 0 radical (unpaired) electrons. The lowest BCUT2D eigenvalue weighted by atomic mass is 10.0. The van der Waals surface area contributed by atoms with Crippen molar-refractivity contribution in [3.05, 3.63) is 59.2 Å². The molecular formula is C19H17ClN8O. The molecule has 4 aromatic heterocycles. The van der Waals surface area contributed by atoms with Crippen LogP contribution in [0.5, 0.6) is 0 Å². The van der Waals surface area contributed by atoms with Crippen molar-refractivity contribution >= 4 is 29.2 Å². The van der Waals surface area contributed by atoms with Crippen molar-refractivity contribution in [2.75, 3.05) is 16.8 Å². The number of anilines is 3.